The van der Waals surface area contributed by atoms with Crippen LogP contribution >= 0.6 is 12.6 Å². The van der Waals surface area contributed by atoms with Crippen LogP contribution in [0.5, 0.6) is 0 Å². The summed E-state index contributed by atoms with van der Waals surface area (Å²) in [5.41, 5.74) is 0.693. The SMILES string of the molecule is CCc1cc(N2C(S)N(c3ccc(C#N)c(C(F)(F)F)c3)C(=O)C2(C)C)ccc1CCCN1C[C@@H](C)N(CC(=O)Nc2cccc(NC3CCC(=O)NC3=O)c2)C[C@H]1C. The van der Waals surface area contributed by atoms with E-state index in [-0.39, 0.29) is 48.5 Å². The lowest BCUT2D eigenvalue weighted by Crippen LogP contribution is -2.57. The summed E-state index contributed by atoms with van der Waals surface area (Å²) in [5.74, 6) is -1.18. The fourth-order valence-corrected chi connectivity index (χ4v) is 9.00. The van der Waals surface area contributed by atoms with E-state index in [0.717, 1.165) is 62.3 Å². The first-order chi connectivity index (χ1) is 27.9. The molecule has 0 bridgehead atoms. The Labute approximate surface area is 348 Å². The maximum Gasteiger partial charge on any atom is 0.417 e. The number of carbonyl (C=O) groups excluding carboxylic acids is 4. The molecule has 12 nitrogen and oxygen atoms in total. The zero-order valence-electron chi connectivity index (χ0n) is 33.9. The van der Waals surface area contributed by atoms with Gasteiger partial charge in [0.05, 0.1) is 23.7 Å². The summed E-state index contributed by atoms with van der Waals surface area (Å²) >= 11 is 4.76. The molecule has 59 heavy (non-hydrogen) atoms. The molecule has 6 rings (SSSR count). The van der Waals surface area contributed by atoms with E-state index in [4.69, 9.17) is 12.6 Å². The fourth-order valence-electron chi connectivity index (χ4n) is 8.34. The summed E-state index contributed by atoms with van der Waals surface area (Å²) in [6, 6.07) is 17.9. The molecular formula is C43H51F3N8O4S. The van der Waals surface area contributed by atoms with E-state index in [1.807, 2.05) is 23.1 Å². The third-order valence-corrected chi connectivity index (χ3v) is 12.0. The molecular weight excluding hydrogens is 782 g/mol. The number of hydrogen-bond donors (Lipinski definition) is 4. The Morgan fingerprint density at radius 1 is 0.966 bits per heavy atom. The number of amides is 4. The number of piperazine rings is 1. The number of alkyl halides is 3. The first kappa shape index (κ1) is 43.5. The number of hydrogen-bond acceptors (Lipinski definition) is 10. The van der Waals surface area contributed by atoms with Gasteiger partial charge in [-0.15, -0.1) is 12.6 Å². The van der Waals surface area contributed by atoms with Crippen molar-refractivity contribution in [3.63, 3.8) is 0 Å². The van der Waals surface area contributed by atoms with E-state index in [2.05, 4.69) is 52.6 Å². The zero-order chi connectivity index (χ0) is 42.8. The van der Waals surface area contributed by atoms with Crippen LogP contribution in [0.2, 0.25) is 0 Å². The van der Waals surface area contributed by atoms with Gasteiger partial charge in [0.15, 0.2) is 5.50 Å². The van der Waals surface area contributed by atoms with Crippen LogP contribution in [0.3, 0.4) is 0 Å². The second-order valence-corrected chi connectivity index (χ2v) is 16.6. The van der Waals surface area contributed by atoms with Crippen molar-refractivity contribution in [2.75, 3.05) is 46.6 Å². The van der Waals surface area contributed by atoms with Gasteiger partial charge in [0.25, 0.3) is 5.91 Å². The number of piperidine rings is 1. The minimum absolute atomic E-state index is 0.0146. The lowest BCUT2D eigenvalue weighted by Gasteiger charge is -2.44. The number of anilines is 4. The molecule has 0 saturated carbocycles. The Morgan fingerprint density at radius 2 is 1.66 bits per heavy atom. The number of thiol groups is 1. The zero-order valence-corrected chi connectivity index (χ0v) is 34.8. The van der Waals surface area contributed by atoms with Gasteiger partial charge in [0.1, 0.15) is 11.6 Å². The Kier molecular flexibility index (Phi) is 13.0. The van der Waals surface area contributed by atoms with Crippen molar-refractivity contribution in [3.8, 4) is 6.07 Å². The van der Waals surface area contributed by atoms with Gasteiger partial charge in [-0.05, 0) is 120 Å². The molecule has 0 aromatic heterocycles. The van der Waals surface area contributed by atoms with Crippen molar-refractivity contribution < 1.29 is 32.3 Å². The lowest BCUT2D eigenvalue weighted by molar-refractivity contribution is -0.138. The van der Waals surface area contributed by atoms with Gasteiger partial charge < -0.3 is 15.5 Å². The van der Waals surface area contributed by atoms with Crippen molar-refractivity contribution in [1.29, 1.82) is 5.26 Å². The lowest BCUT2D eigenvalue weighted by atomic mass is 9.97. The second kappa shape index (κ2) is 17.6. The van der Waals surface area contributed by atoms with E-state index in [9.17, 15) is 37.6 Å². The molecule has 0 spiro atoms. The molecule has 3 aliphatic heterocycles. The molecule has 4 amide bonds. The van der Waals surface area contributed by atoms with Gasteiger partial charge >= 0.3 is 6.18 Å². The highest BCUT2D eigenvalue weighted by molar-refractivity contribution is 7.81. The van der Waals surface area contributed by atoms with E-state index in [1.165, 1.54) is 16.5 Å². The van der Waals surface area contributed by atoms with E-state index < -0.39 is 40.3 Å². The average molecular weight is 833 g/mol. The Bertz CT molecular complexity index is 2140. The monoisotopic (exact) mass is 832 g/mol. The quantitative estimate of drug-likeness (QED) is 0.125. The minimum Gasteiger partial charge on any atom is -0.374 e. The first-order valence-corrected chi connectivity index (χ1v) is 20.4. The molecule has 3 aromatic carbocycles. The number of benzene rings is 3. The van der Waals surface area contributed by atoms with Gasteiger partial charge in [-0.3, -0.25) is 39.2 Å². The van der Waals surface area contributed by atoms with Crippen molar-refractivity contribution >= 4 is 59.0 Å². The first-order valence-electron chi connectivity index (χ1n) is 19.9. The molecule has 3 heterocycles. The molecule has 4 atom stereocenters. The van der Waals surface area contributed by atoms with Gasteiger partial charge in [0, 0.05) is 54.3 Å². The van der Waals surface area contributed by atoms with Crippen molar-refractivity contribution in [1.82, 2.24) is 15.1 Å². The van der Waals surface area contributed by atoms with E-state index in [1.54, 1.807) is 38.1 Å². The van der Waals surface area contributed by atoms with Crippen LogP contribution in [0, 0.1) is 11.3 Å². The molecule has 3 aromatic rings. The van der Waals surface area contributed by atoms with Crippen LogP contribution in [0.25, 0.3) is 0 Å². The number of rotatable bonds is 12. The minimum atomic E-state index is -4.77. The largest absolute Gasteiger partial charge is 0.417 e. The summed E-state index contributed by atoms with van der Waals surface area (Å²) in [6.07, 6.45) is -1.62. The Hall–Kier alpha value is -5.11. The number of imide groups is 1. The van der Waals surface area contributed by atoms with E-state index >= 15 is 0 Å². The third-order valence-electron chi connectivity index (χ3n) is 11.6. The molecule has 0 aliphatic carbocycles. The number of carbonyl (C=O) groups is 4. The normalized spacial score (nSPS) is 22.6. The predicted molar refractivity (Wildman–Crippen MR) is 224 cm³/mol. The highest BCUT2D eigenvalue weighted by Gasteiger charge is 2.52. The van der Waals surface area contributed by atoms with Crippen molar-refractivity contribution in [2.24, 2.45) is 0 Å². The summed E-state index contributed by atoms with van der Waals surface area (Å²) in [6.45, 7) is 12.5. The molecule has 2 unspecified atom stereocenters. The van der Waals surface area contributed by atoms with Gasteiger partial charge in [-0.1, -0.05) is 19.1 Å². The predicted octanol–water partition coefficient (Wildman–Crippen LogP) is 6.17. The third kappa shape index (κ3) is 9.53. The van der Waals surface area contributed by atoms with Crippen LogP contribution in [0.4, 0.5) is 35.9 Å². The maximum atomic E-state index is 13.8. The number of nitrogens with one attached hydrogen (secondary N) is 3. The van der Waals surface area contributed by atoms with Gasteiger partial charge in [-0.25, -0.2) is 0 Å². The Balaban J connectivity index is 1.03. The summed E-state index contributed by atoms with van der Waals surface area (Å²) < 4.78 is 41.4. The summed E-state index contributed by atoms with van der Waals surface area (Å²) in [4.78, 5) is 58.3. The highest BCUT2D eigenvalue weighted by atomic mass is 32.1. The fraction of sp³-hybridized carbons (Fsp3) is 0.465. The van der Waals surface area contributed by atoms with Crippen LogP contribution in [-0.4, -0.2) is 88.8 Å². The van der Waals surface area contributed by atoms with Gasteiger partial charge in [0.2, 0.25) is 17.7 Å². The second-order valence-electron chi connectivity index (χ2n) is 16.1. The van der Waals surface area contributed by atoms with Crippen LogP contribution in [0.1, 0.15) is 76.1 Å². The van der Waals surface area contributed by atoms with Gasteiger partial charge in [-0.2, -0.15) is 18.4 Å². The topological polar surface area (TPSA) is 141 Å². The van der Waals surface area contributed by atoms with Crippen molar-refractivity contribution in [3.05, 3.63) is 82.9 Å². The molecule has 3 saturated heterocycles. The van der Waals surface area contributed by atoms with Crippen LogP contribution in [-0.2, 0) is 38.2 Å². The Morgan fingerprint density at radius 3 is 2.36 bits per heavy atom. The summed E-state index contributed by atoms with van der Waals surface area (Å²) in [7, 11) is 0. The molecule has 314 valence electrons. The molecule has 3 aliphatic rings. The highest BCUT2D eigenvalue weighted by Crippen LogP contribution is 2.43. The molecule has 3 fully saturated rings. The van der Waals surface area contributed by atoms with Crippen molar-refractivity contribution in [2.45, 2.75) is 102 Å². The maximum absolute atomic E-state index is 13.8. The molecule has 16 heteroatoms. The average Bonchev–Trinajstić information content (AvgIpc) is 3.35. The van der Waals surface area contributed by atoms with E-state index in [0.29, 0.717) is 17.8 Å². The number of halogens is 3. The molecule has 0 radical (unpaired) electrons. The molecule has 3 N–H and O–H groups in total. The number of aryl methyl sites for hydroxylation is 2. The van der Waals surface area contributed by atoms with Crippen LogP contribution < -0.4 is 25.8 Å². The standard InChI is InChI=1S/C43H51F3N8O4S/c1-6-28-19-34(54-41(59)53(40(58)42(54,4)5)33-14-13-30(22-47)35(21-33)43(44,45)46)15-12-29(28)9-8-18-51-23-27(3)52(24-26(51)2)25-38(56)49-32-11-7-10-31(20-32)48-36-16-17-37(55)50-39(36)57/h7,10-15,19-21,26-27,36,41,48,59H,6,8-9,16-18,23-25H2,1-5H3,(H,49,56)(H,50,55,57)/t26-,27-,36?,41?/m1/s1. The van der Waals surface area contributed by atoms with Crippen LogP contribution in [0.15, 0.2) is 60.7 Å². The summed E-state index contributed by atoms with van der Waals surface area (Å²) in [5, 5.41) is 17.7. The number of nitrogens with zero attached hydrogens (tertiary/aromatic N) is 5. The smallest absolute Gasteiger partial charge is 0.374 e. The number of nitriles is 1.